The van der Waals surface area contributed by atoms with E-state index < -0.39 is 0 Å². The van der Waals surface area contributed by atoms with Crippen LogP contribution in [0.2, 0.25) is 0 Å². The van der Waals surface area contributed by atoms with E-state index in [1.165, 1.54) is 20.0 Å². The third-order valence-electron chi connectivity index (χ3n) is 3.73. The highest BCUT2D eigenvalue weighted by molar-refractivity contribution is 5.96. The second-order valence-corrected chi connectivity index (χ2v) is 5.29. The predicted molar refractivity (Wildman–Crippen MR) is 85.4 cm³/mol. The Balaban J connectivity index is 1.66. The van der Waals surface area contributed by atoms with Crippen molar-refractivity contribution in [2.75, 3.05) is 25.1 Å². The zero-order chi connectivity index (χ0) is 16.1. The molecule has 7 heteroatoms. The van der Waals surface area contributed by atoms with E-state index in [1.54, 1.807) is 30.6 Å². The molecule has 23 heavy (non-hydrogen) atoms. The fourth-order valence-corrected chi connectivity index (χ4v) is 2.54. The minimum atomic E-state index is -0.240. The maximum atomic E-state index is 12.3. The molecular formula is C16H19N5O2. The fraction of sp³-hybridized carbons (Fsp3) is 0.375. The lowest BCUT2D eigenvalue weighted by Crippen LogP contribution is -2.25. The number of carbonyl (C=O) groups excluding carboxylic acids is 1. The molecule has 3 heterocycles. The Labute approximate surface area is 134 Å². The second kappa shape index (κ2) is 7.04. The van der Waals surface area contributed by atoms with E-state index in [0.29, 0.717) is 18.0 Å². The first kappa shape index (κ1) is 15.2. The van der Waals surface area contributed by atoms with Crippen LogP contribution >= 0.6 is 0 Å². The van der Waals surface area contributed by atoms with Gasteiger partial charge in [-0.1, -0.05) is 0 Å². The van der Waals surface area contributed by atoms with Gasteiger partial charge >= 0.3 is 0 Å². The molecule has 1 fully saturated rings. The van der Waals surface area contributed by atoms with Crippen LogP contribution in [0.15, 0.2) is 30.6 Å². The highest BCUT2D eigenvalue weighted by atomic mass is 16.5. The molecule has 0 aliphatic carbocycles. The van der Waals surface area contributed by atoms with E-state index in [9.17, 15) is 4.79 Å². The van der Waals surface area contributed by atoms with Crippen molar-refractivity contribution in [2.45, 2.75) is 19.4 Å². The first-order chi connectivity index (χ1) is 11.3. The van der Waals surface area contributed by atoms with Crippen molar-refractivity contribution in [2.24, 2.45) is 0 Å². The summed E-state index contributed by atoms with van der Waals surface area (Å²) in [6.45, 7) is 2.31. The Bertz CT molecular complexity index is 686. The van der Waals surface area contributed by atoms with E-state index in [1.807, 2.05) is 0 Å². The summed E-state index contributed by atoms with van der Waals surface area (Å²) in [6, 6.07) is 5.19. The lowest BCUT2D eigenvalue weighted by Gasteiger charge is -2.15. The van der Waals surface area contributed by atoms with E-state index in [0.717, 1.165) is 24.7 Å². The number of nitrogens with one attached hydrogen (secondary N) is 1. The number of ether oxygens (including phenoxy) is 1. The fourth-order valence-electron chi connectivity index (χ4n) is 2.54. The van der Waals surface area contributed by atoms with Crippen LogP contribution in [0, 0.1) is 0 Å². The van der Waals surface area contributed by atoms with Gasteiger partial charge in [-0.2, -0.15) is 0 Å². The number of rotatable bonds is 5. The van der Waals surface area contributed by atoms with E-state index in [4.69, 9.17) is 4.74 Å². The standard InChI is InChI=1S/C16H19N5O2/c1-23-15-13(5-4-7-17-15)14(22)19-11-12-6-8-18-16(20-12)21-9-2-3-10-21/h4-8H,2-3,9-11H2,1H3,(H,19,22). The number of carbonyl (C=O) groups is 1. The molecule has 3 rings (SSSR count). The third kappa shape index (κ3) is 3.56. The Hall–Kier alpha value is -2.70. The number of methoxy groups -OCH3 is 1. The molecule has 2 aromatic rings. The van der Waals surface area contributed by atoms with Gasteiger partial charge in [0.1, 0.15) is 5.56 Å². The van der Waals surface area contributed by atoms with Gasteiger partial charge in [0.25, 0.3) is 5.91 Å². The highest BCUT2D eigenvalue weighted by Gasteiger charge is 2.16. The average Bonchev–Trinajstić information content (AvgIpc) is 3.14. The number of anilines is 1. The van der Waals surface area contributed by atoms with Crippen LogP contribution < -0.4 is 15.0 Å². The lowest BCUT2D eigenvalue weighted by atomic mass is 10.2. The van der Waals surface area contributed by atoms with E-state index in [2.05, 4.69) is 25.2 Å². The van der Waals surface area contributed by atoms with Crippen LogP contribution in [0.5, 0.6) is 5.88 Å². The van der Waals surface area contributed by atoms with Crippen LogP contribution in [-0.4, -0.2) is 41.1 Å². The SMILES string of the molecule is COc1ncccc1C(=O)NCc1ccnc(N2CCCC2)n1. The molecule has 0 saturated carbocycles. The highest BCUT2D eigenvalue weighted by Crippen LogP contribution is 2.16. The minimum absolute atomic E-state index is 0.240. The average molecular weight is 313 g/mol. The van der Waals surface area contributed by atoms with Crippen LogP contribution in [0.1, 0.15) is 28.9 Å². The van der Waals surface area contributed by atoms with Gasteiger partial charge in [0, 0.05) is 25.5 Å². The van der Waals surface area contributed by atoms with Gasteiger partial charge in [0.2, 0.25) is 11.8 Å². The minimum Gasteiger partial charge on any atom is -0.480 e. The van der Waals surface area contributed by atoms with Gasteiger partial charge in [-0.15, -0.1) is 0 Å². The molecule has 0 aromatic carbocycles. The molecular weight excluding hydrogens is 294 g/mol. The summed E-state index contributed by atoms with van der Waals surface area (Å²) < 4.78 is 5.10. The number of nitrogens with zero attached hydrogens (tertiary/aromatic N) is 4. The topological polar surface area (TPSA) is 80.2 Å². The van der Waals surface area contributed by atoms with Crippen LogP contribution in [0.25, 0.3) is 0 Å². The Morgan fingerprint density at radius 2 is 2.09 bits per heavy atom. The van der Waals surface area contributed by atoms with Crippen LogP contribution in [-0.2, 0) is 6.54 Å². The summed E-state index contributed by atoms with van der Waals surface area (Å²) >= 11 is 0. The van der Waals surface area contributed by atoms with Gasteiger partial charge in [-0.25, -0.2) is 15.0 Å². The van der Waals surface area contributed by atoms with Gasteiger partial charge in [-0.3, -0.25) is 4.79 Å². The van der Waals surface area contributed by atoms with Crippen molar-refractivity contribution in [1.29, 1.82) is 0 Å². The maximum absolute atomic E-state index is 12.3. The Kier molecular flexibility index (Phi) is 4.65. The number of hydrogen-bond acceptors (Lipinski definition) is 6. The number of aromatic nitrogens is 3. The second-order valence-electron chi connectivity index (χ2n) is 5.29. The molecule has 0 unspecified atom stereocenters. The van der Waals surface area contributed by atoms with Gasteiger partial charge in [-0.05, 0) is 31.0 Å². The molecule has 0 bridgehead atoms. The molecule has 1 N–H and O–H groups in total. The largest absolute Gasteiger partial charge is 0.480 e. The molecule has 2 aromatic heterocycles. The van der Waals surface area contributed by atoms with Gasteiger partial charge in [0.05, 0.1) is 19.3 Å². The van der Waals surface area contributed by atoms with Crippen molar-refractivity contribution >= 4 is 11.9 Å². The quantitative estimate of drug-likeness (QED) is 0.899. The molecule has 120 valence electrons. The molecule has 7 nitrogen and oxygen atoms in total. The van der Waals surface area contributed by atoms with E-state index >= 15 is 0 Å². The summed E-state index contributed by atoms with van der Waals surface area (Å²) in [5, 5.41) is 2.84. The first-order valence-electron chi connectivity index (χ1n) is 7.62. The molecule has 0 radical (unpaired) electrons. The number of hydrogen-bond donors (Lipinski definition) is 1. The summed E-state index contributed by atoms with van der Waals surface area (Å²) in [4.78, 5) is 27.3. The van der Waals surface area contributed by atoms with Gasteiger partial charge in [0.15, 0.2) is 0 Å². The van der Waals surface area contributed by atoms with Crippen molar-refractivity contribution in [1.82, 2.24) is 20.3 Å². The Morgan fingerprint density at radius 3 is 2.87 bits per heavy atom. The maximum Gasteiger partial charge on any atom is 0.257 e. The molecule has 1 aliphatic heterocycles. The normalized spacial score (nSPS) is 13.9. The van der Waals surface area contributed by atoms with Crippen molar-refractivity contribution in [3.63, 3.8) is 0 Å². The third-order valence-corrected chi connectivity index (χ3v) is 3.73. The molecule has 1 saturated heterocycles. The molecule has 1 amide bonds. The zero-order valence-corrected chi connectivity index (χ0v) is 13.0. The predicted octanol–water partition coefficient (Wildman–Crippen LogP) is 1.41. The monoisotopic (exact) mass is 313 g/mol. The summed E-state index contributed by atoms with van der Waals surface area (Å²) in [6.07, 6.45) is 5.66. The zero-order valence-electron chi connectivity index (χ0n) is 13.0. The Morgan fingerprint density at radius 1 is 1.26 bits per heavy atom. The van der Waals surface area contributed by atoms with Crippen molar-refractivity contribution in [3.8, 4) is 5.88 Å². The number of pyridine rings is 1. The summed E-state index contributed by atoms with van der Waals surface area (Å²) in [5.74, 6) is 0.801. The van der Waals surface area contributed by atoms with E-state index in [-0.39, 0.29) is 5.91 Å². The van der Waals surface area contributed by atoms with Gasteiger partial charge < -0.3 is 15.0 Å². The van der Waals surface area contributed by atoms with Crippen molar-refractivity contribution in [3.05, 3.63) is 41.9 Å². The molecule has 0 spiro atoms. The lowest BCUT2D eigenvalue weighted by molar-refractivity contribution is 0.0946. The van der Waals surface area contributed by atoms with Crippen LogP contribution in [0.3, 0.4) is 0 Å². The first-order valence-corrected chi connectivity index (χ1v) is 7.62. The van der Waals surface area contributed by atoms with Crippen molar-refractivity contribution < 1.29 is 9.53 Å². The molecule has 0 atom stereocenters. The summed E-state index contributed by atoms with van der Waals surface area (Å²) in [5.41, 5.74) is 1.18. The smallest absolute Gasteiger partial charge is 0.257 e. The molecule has 1 aliphatic rings. The van der Waals surface area contributed by atoms with Crippen LogP contribution in [0.4, 0.5) is 5.95 Å². The number of amides is 1. The summed E-state index contributed by atoms with van der Waals surface area (Å²) in [7, 11) is 1.49.